The van der Waals surface area contributed by atoms with Crippen LogP contribution in [0.2, 0.25) is 0 Å². The largest absolute Gasteiger partial charge is 0.381 e. The standard InChI is InChI=1S/C16H20N2O2/c1-2-13-5-3-4-6-14(13)11-18-15(19)16(12-17)7-9-20-10-8-16/h3-6H,2,7-11H2,1H3,(H,18,19). The molecule has 0 saturated carbocycles. The zero-order valence-corrected chi connectivity index (χ0v) is 11.8. The van der Waals surface area contributed by atoms with Gasteiger partial charge in [0.1, 0.15) is 5.41 Å². The van der Waals surface area contributed by atoms with Crippen LogP contribution in [0.4, 0.5) is 0 Å². The lowest BCUT2D eigenvalue weighted by Gasteiger charge is -2.29. The molecule has 20 heavy (non-hydrogen) atoms. The Bertz CT molecular complexity index is 513. The van der Waals surface area contributed by atoms with E-state index in [1.807, 2.05) is 18.2 Å². The lowest BCUT2D eigenvalue weighted by atomic mass is 9.81. The smallest absolute Gasteiger partial charge is 0.240 e. The molecule has 1 heterocycles. The van der Waals surface area contributed by atoms with Gasteiger partial charge in [0.15, 0.2) is 0 Å². The number of amides is 1. The molecule has 0 aromatic heterocycles. The van der Waals surface area contributed by atoms with Gasteiger partial charge in [-0.15, -0.1) is 0 Å². The average Bonchev–Trinajstić information content (AvgIpc) is 2.53. The first-order chi connectivity index (χ1) is 9.72. The van der Waals surface area contributed by atoms with E-state index in [0.29, 0.717) is 32.6 Å². The summed E-state index contributed by atoms with van der Waals surface area (Å²) in [6, 6.07) is 10.2. The molecule has 1 N–H and O–H groups in total. The van der Waals surface area contributed by atoms with Crippen molar-refractivity contribution >= 4 is 5.91 Å². The van der Waals surface area contributed by atoms with Crippen LogP contribution in [0.15, 0.2) is 24.3 Å². The van der Waals surface area contributed by atoms with Crippen LogP contribution in [0.5, 0.6) is 0 Å². The first-order valence-corrected chi connectivity index (χ1v) is 7.06. The van der Waals surface area contributed by atoms with Gasteiger partial charge < -0.3 is 10.1 Å². The van der Waals surface area contributed by atoms with Gasteiger partial charge in [0, 0.05) is 19.8 Å². The van der Waals surface area contributed by atoms with Gasteiger partial charge in [-0.2, -0.15) is 5.26 Å². The molecule has 1 aromatic carbocycles. The van der Waals surface area contributed by atoms with E-state index in [9.17, 15) is 10.1 Å². The van der Waals surface area contributed by atoms with Gasteiger partial charge in [-0.1, -0.05) is 31.2 Å². The normalized spacial score (nSPS) is 17.2. The Balaban J connectivity index is 2.03. The summed E-state index contributed by atoms with van der Waals surface area (Å²) in [5.74, 6) is -0.172. The van der Waals surface area contributed by atoms with E-state index < -0.39 is 5.41 Å². The Morgan fingerprint density at radius 2 is 2.00 bits per heavy atom. The molecule has 0 aliphatic carbocycles. The number of nitriles is 1. The minimum absolute atomic E-state index is 0.172. The van der Waals surface area contributed by atoms with Crippen LogP contribution >= 0.6 is 0 Å². The van der Waals surface area contributed by atoms with E-state index in [2.05, 4.69) is 24.4 Å². The summed E-state index contributed by atoms with van der Waals surface area (Å²) in [5, 5.41) is 12.3. The molecule has 0 spiro atoms. The first kappa shape index (κ1) is 14.5. The second-order valence-electron chi connectivity index (χ2n) is 5.11. The van der Waals surface area contributed by atoms with Gasteiger partial charge in [-0.25, -0.2) is 0 Å². The van der Waals surface area contributed by atoms with Crippen molar-refractivity contribution in [2.75, 3.05) is 13.2 Å². The molecule has 1 aliphatic heterocycles. The summed E-state index contributed by atoms with van der Waals surface area (Å²) in [6.45, 7) is 3.53. The lowest BCUT2D eigenvalue weighted by Crippen LogP contribution is -2.43. The van der Waals surface area contributed by atoms with E-state index >= 15 is 0 Å². The zero-order chi connectivity index (χ0) is 14.4. The number of benzene rings is 1. The number of ether oxygens (including phenoxy) is 1. The minimum atomic E-state index is -0.917. The molecule has 2 rings (SSSR count). The molecule has 0 bridgehead atoms. The predicted octanol–water partition coefficient (Wildman–Crippen LogP) is 2.19. The van der Waals surface area contributed by atoms with E-state index in [1.54, 1.807) is 0 Å². The highest BCUT2D eigenvalue weighted by Crippen LogP contribution is 2.30. The molecule has 1 aliphatic rings. The molecular formula is C16H20N2O2. The van der Waals surface area contributed by atoms with E-state index in [0.717, 1.165) is 12.0 Å². The fourth-order valence-electron chi connectivity index (χ4n) is 2.53. The molecule has 1 aromatic rings. The predicted molar refractivity (Wildman–Crippen MR) is 75.8 cm³/mol. The number of nitrogens with zero attached hydrogens (tertiary/aromatic N) is 1. The summed E-state index contributed by atoms with van der Waals surface area (Å²) in [4.78, 5) is 12.3. The number of aryl methyl sites for hydroxylation is 1. The van der Waals surface area contributed by atoms with Crippen LogP contribution in [-0.2, 0) is 22.5 Å². The second kappa shape index (κ2) is 6.53. The minimum Gasteiger partial charge on any atom is -0.381 e. The quantitative estimate of drug-likeness (QED) is 0.914. The number of hydrogen-bond acceptors (Lipinski definition) is 3. The molecule has 1 amide bonds. The van der Waals surface area contributed by atoms with Crippen molar-refractivity contribution in [1.29, 1.82) is 5.26 Å². The SMILES string of the molecule is CCc1ccccc1CNC(=O)C1(C#N)CCOCC1. The van der Waals surface area contributed by atoms with Crippen molar-refractivity contribution < 1.29 is 9.53 Å². The highest BCUT2D eigenvalue weighted by atomic mass is 16.5. The second-order valence-corrected chi connectivity index (χ2v) is 5.11. The maximum absolute atomic E-state index is 12.3. The van der Waals surface area contributed by atoms with Crippen LogP contribution in [0.25, 0.3) is 0 Å². The van der Waals surface area contributed by atoms with E-state index in [4.69, 9.17) is 4.74 Å². The molecule has 106 valence electrons. The van der Waals surface area contributed by atoms with Crippen LogP contribution in [0, 0.1) is 16.7 Å². The highest BCUT2D eigenvalue weighted by molar-refractivity contribution is 5.85. The van der Waals surface area contributed by atoms with Crippen molar-refractivity contribution in [3.8, 4) is 6.07 Å². The lowest BCUT2D eigenvalue weighted by molar-refractivity contribution is -0.132. The highest BCUT2D eigenvalue weighted by Gasteiger charge is 2.40. The van der Waals surface area contributed by atoms with Crippen LogP contribution in [-0.4, -0.2) is 19.1 Å². The third-order valence-corrected chi connectivity index (χ3v) is 3.93. The summed E-state index contributed by atoms with van der Waals surface area (Å²) >= 11 is 0. The monoisotopic (exact) mass is 272 g/mol. The van der Waals surface area contributed by atoms with Gasteiger partial charge in [0.25, 0.3) is 0 Å². The Labute approximate surface area is 119 Å². The average molecular weight is 272 g/mol. The molecular weight excluding hydrogens is 252 g/mol. The Hall–Kier alpha value is -1.86. The third-order valence-electron chi connectivity index (χ3n) is 3.93. The van der Waals surface area contributed by atoms with Gasteiger partial charge in [-0.05, 0) is 30.4 Å². The Morgan fingerprint density at radius 3 is 2.60 bits per heavy atom. The number of nitrogens with one attached hydrogen (secondary N) is 1. The van der Waals surface area contributed by atoms with Crippen molar-refractivity contribution in [2.24, 2.45) is 5.41 Å². The summed E-state index contributed by atoms with van der Waals surface area (Å²) in [6.07, 6.45) is 1.89. The van der Waals surface area contributed by atoms with Crippen LogP contribution < -0.4 is 5.32 Å². The Kier molecular flexibility index (Phi) is 4.75. The molecule has 4 heteroatoms. The van der Waals surface area contributed by atoms with Crippen molar-refractivity contribution in [2.45, 2.75) is 32.7 Å². The van der Waals surface area contributed by atoms with Crippen molar-refractivity contribution in [3.63, 3.8) is 0 Å². The van der Waals surface area contributed by atoms with Gasteiger partial charge in [0.05, 0.1) is 6.07 Å². The fourth-order valence-corrected chi connectivity index (χ4v) is 2.53. The summed E-state index contributed by atoms with van der Waals surface area (Å²) in [7, 11) is 0. The van der Waals surface area contributed by atoms with Gasteiger partial charge in [0.2, 0.25) is 5.91 Å². The number of carbonyl (C=O) groups excluding carboxylic acids is 1. The van der Waals surface area contributed by atoms with E-state index in [-0.39, 0.29) is 5.91 Å². The van der Waals surface area contributed by atoms with E-state index in [1.165, 1.54) is 5.56 Å². The first-order valence-electron chi connectivity index (χ1n) is 7.06. The van der Waals surface area contributed by atoms with Crippen LogP contribution in [0.1, 0.15) is 30.9 Å². The molecule has 0 radical (unpaired) electrons. The fraction of sp³-hybridized carbons (Fsp3) is 0.500. The molecule has 0 unspecified atom stereocenters. The maximum Gasteiger partial charge on any atom is 0.240 e. The van der Waals surface area contributed by atoms with Gasteiger partial charge >= 0.3 is 0 Å². The molecule has 1 fully saturated rings. The van der Waals surface area contributed by atoms with Gasteiger partial charge in [-0.3, -0.25) is 4.79 Å². The molecule has 4 nitrogen and oxygen atoms in total. The number of carbonyl (C=O) groups is 1. The zero-order valence-electron chi connectivity index (χ0n) is 11.8. The summed E-state index contributed by atoms with van der Waals surface area (Å²) in [5.41, 5.74) is 1.42. The third kappa shape index (κ3) is 3.00. The molecule has 1 saturated heterocycles. The number of hydrogen-bond donors (Lipinski definition) is 1. The summed E-state index contributed by atoms with van der Waals surface area (Å²) < 4.78 is 5.24. The van der Waals surface area contributed by atoms with Crippen molar-refractivity contribution in [3.05, 3.63) is 35.4 Å². The van der Waals surface area contributed by atoms with Crippen molar-refractivity contribution in [1.82, 2.24) is 5.32 Å². The topological polar surface area (TPSA) is 62.1 Å². The van der Waals surface area contributed by atoms with Crippen LogP contribution in [0.3, 0.4) is 0 Å². The Morgan fingerprint density at radius 1 is 1.35 bits per heavy atom. The molecule has 0 atom stereocenters. The maximum atomic E-state index is 12.3. The number of rotatable bonds is 4.